The third kappa shape index (κ3) is 7.86. The first-order chi connectivity index (χ1) is 19.5. The van der Waals surface area contributed by atoms with Crippen molar-refractivity contribution in [2.75, 3.05) is 26.2 Å². The molecule has 0 radical (unpaired) electrons. The monoisotopic (exact) mass is 606 g/mol. The average molecular weight is 607 g/mol. The Morgan fingerprint density at radius 2 is 1.47 bits per heavy atom. The Hall–Kier alpha value is -2.75. The lowest BCUT2D eigenvalue weighted by atomic mass is 9.85. The molecule has 3 rings (SSSR count). The van der Waals surface area contributed by atoms with Crippen LogP contribution in [0.1, 0.15) is 94.1 Å². The van der Waals surface area contributed by atoms with E-state index in [0.717, 1.165) is 6.07 Å². The second-order valence-corrected chi connectivity index (χ2v) is 15.7. The first-order valence-electron chi connectivity index (χ1n) is 15.4. The SMILES string of the molecule is C[C@@H]1CN(C(=O)[C@@H]2CN(C(C)(C)C)C[C@H]2c2ccc(F)cc2F)[C@@H](C)CN1C(=O)C(CC(C)(C)C)N(C(=O)O)C(C)(C)C. The van der Waals surface area contributed by atoms with Gasteiger partial charge < -0.3 is 14.9 Å². The Labute approximate surface area is 256 Å². The van der Waals surface area contributed by atoms with Crippen LogP contribution in [-0.2, 0) is 9.59 Å². The van der Waals surface area contributed by atoms with E-state index in [2.05, 4.69) is 25.7 Å². The van der Waals surface area contributed by atoms with Gasteiger partial charge in [-0.15, -0.1) is 0 Å². The predicted octanol–water partition coefficient (Wildman–Crippen LogP) is 5.81. The Balaban J connectivity index is 1.90. The molecule has 0 aromatic heterocycles. The number of carbonyl (C=O) groups is 3. The molecular formula is C33H52F2N4O4. The summed E-state index contributed by atoms with van der Waals surface area (Å²) in [5.41, 5.74) is -1.02. The van der Waals surface area contributed by atoms with E-state index in [9.17, 15) is 23.9 Å². The minimum absolute atomic E-state index is 0.111. The zero-order chi connectivity index (χ0) is 32.8. The summed E-state index contributed by atoms with van der Waals surface area (Å²) in [6.07, 6.45) is -0.793. The van der Waals surface area contributed by atoms with Crippen LogP contribution in [0.4, 0.5) is 13.6 Å². The molecule has 242 valence electrons. The molecule has 1 aromatic carbocycles. The van der Waals surface area contributed by atoms with Gasteiger partial charge in [-0.05, 0) is 78.9 Å². The molecule has 2 saturated heterocycles. The number of carboxylic acid groups (broad SMARTS) is 1. The normalized spacial score (nSPS) is 24.7. The number of hydrogen-bond acceptors (Lipinski definition) is 4. The zero-order valence-corrected chi connectivity index (χ0v) is 27.9. The van der Waals surface area contributed by atoms with Crippen molar-refractivity contribution in [1.82, 2.24) is 19.6 Å². The molecule has 1 N–H and O–H groups in total. The third-order valence-corrected chi connectivity index (χ3v) is 8.83. The van der Waals surface area contributed by atoms with Crippen LogP contribution < -0.4 is 0 Å². The highest BCUT2D eigenvalue weighted by atomic mass is 19.1. The van der Waals surface area contributed by atoms with E-state index in [-0.39, 0.29) is 47.9 Å². The van der Waals surface area contributed by atoms with Crippen LogP contribution in [0.5, 0.6) is 0 Å². The molecule has 8 nitrogen and oxygen atoms in total. The zero-order valence-electron chi connectivity index (χ0n) is 27.9. The summed E-state index contributed by atoms with van der Waals surface area (Å²) in [4.78, 5) is 47.8. The topological polar surface area (TPSA) is 84.4 Å². The maximum atomic E-state index is 15.0. The van der Waals surface area contributed by atoms with Crippen molar-refractivity contribution >= 4 is 17.9 Å². The minimum atomic E-state index is -1.15. The van der Waals surface area contributed by atoms with Crippen molar-refractivity contribution in [1.29, 1.82) is 0 Å². The molecule has 2 heterocycles. The minimum Gasteiger partial charge on any atom is -0.465 e. The van der Waals surface area contributed by atoms with Crippen molar-refractivity contribution in [2.45, 2.75) is 118 Å². The maximum Gasteiger partial charge on any atom is 0.408 e. The molecule has 5 atom stereocenters. The van der Waals surface area contributed by atoms with Gasteiger partial charge in [-0.3, -0.25) is 19.4 Å². The van der Waals surface area contributed by atoms with Crippen LogP contribution >= 0.6 is 0 Å². The van der Waals surface area contributed by atoms with Gasteiger partial charge in [0.2, 0.25) is 11.8 Å². The van der Waals surface area contributed by atoms with Gasteiger partial charge in [0.15, 0.2) is 0 Å². The van der Waals surface area contributed by atoms with E-state index in [1.54, 1.807) is 30.6 Å². The van der Waals surface area contributed by atoms with Crippen molar-refractivity contribution in [2.24, 2.45) is 11.3 Å². The molecule has 10 heteroatoms. The van der Waals surface area contributed by atoms with Gasteiger partial charge in [-0.1, -0.05) is 26.8 Å². The first-order valence-corrected chi connectivity index (χ1v) is 15.4. The number of halogens is 2. The summed E-state index contributed by atoms with van der Waals surface area (Å²) in [7, 11) is 0. The second-order valence-electron chi connectivity index (χ2n) is 15.7. The number of carbonyl (C=O) groups excluding carboxylic acids is 2. The maximum absolute atomic E-state index is 15.0. The number of nitrogens with zero attached hydrogens (tertiary/aromatic N) is 4. The number of likely N-dealkylation sites (tertiary alicyclic amines) is 1. The first kappa shape index (κ1) is 34.7. The molecule has 1 unspecified atom stereocenters. The van der Waals surface area contributed by atoms with Gasteiger partial charge in [0.25, 0.3) is 0 Å². The summed E-state index contributed by atoms with van der Waals surface area (Å²) in [5, 5.41) is 10.2. The fourth-order valence-electron chi connectivity index (χ4n) is 6.62. The lowest BCUT2D eigenvalue weighted by Crippen LogP contribution is -2.65. The molecular weight excluding hydrogens is 554 g/mol. The van der Waals surface area contributed by atoms with Crippen LogP contribution in [0.3, 0.4) is 0 Å². The van der Waals surface area contributed by atoms with Gasteiger partial charge in [0.05, 0.1) is 5.92 Å². The lowest BCUT2D eigenvalue weighted by molar-refractivity contribution is -0.152. The number of amides is 3. The van der Waals surface area contributed by atoms with Gasteiger partial charge in [0, 0.05) is 61.3 Å². The number of rotatable bonds is 5. The smallest absolute Gasteiger partial charge is 0.408 e. The molecule has 0 aliphatic carbocycles. The van der Waals surface area contributed by atoms with Gasteiger partial charge in [-0.25, -0.2) is 13.6 Å². The van der Waals surface area contributed by atoms with Crippen LogP contribution in [0.25, 0.3) is 0 Å². The van der Waals surface area contributed by atoms with Gasteiger partial charge in [0.1, 0.15) is 17.7 Å². The molecule has 3 amide bonds. The molecule has 2 fully saturated rings. The third-order valence-electron chi connectivity index (χ3n) is 8.83. The van der Waals surface area contributed by atoms with Crippen LogP contribution in [-0.4, -0.2) is 98.0 Å². The van der Waals surface area contributed by atoms with E-state index in [4.69, 9.17) is 0 Å². The van der Waals surface area contributed by atoms with Gasteiger partial charge in [-0.2, -0.15) is 0 Å². The van der Waals surface area contributed by atoms with E-state index < -0.39 is 41.1 Å². The fraction of sp³-hybridized carbons (Fsp3) is 0.727. The predicted molar refractivity (Wildman–Crippen MR) is 164 cm³/mol. The highest BCUT2D eigenvalue weighted by Crippen LogP contribution is 2.39. The van der Waals surface area contributed by atoms with E-state index in [1.165, 1.54) is 17.0 Å². The number of hydrogen-bond donors (Lipinski definition) is 1. The Morgan fingerprint density at radius 1 is 0.907 bits per heavy atom. The molecule has 0 spiro atoms. The highest BCUT2D eigenvalue weighted by molar-refractivity contribution is 5.87. The van der Waals surface area contributed by atoms with Crippen molar-refractivity contribution in [3.63, 3.8) is 0 Å². The molecule has 2 aliphatic heterocycles. The lowest BCUT2D eigenvalue weighted by Gasteiger charge is -2.48. The van der Waals surface area contributed by atoms with Crippen LogP contribution in [0.2, 0.25) is 0 Å². The largest absolute Gasteiger partial charge is 0.465 e. The molecule has 1 aromatic rings. The van der Waals surface area contributed by atoms with Gasteiger partial charge >= 0.3 is 6.09 Å². The fourth-order valence-corrected chi connectivity index (χ4v) is 6.62. The van der Waals surface area contributed by atoms with Crippen molar-refractivity contribution < 1.29 is 28.3 Å². The Kier molecular flexibility index (Phi) is 9.96. The van der Waals surface area contributed by atoms with E-state index >= 15 is 4.39 Å². The quantitative estimate of drug-likeness (QED) is 0.458. The highest BCUT2D eigenvalue weighted by Gasteiger charge is 2.48. The summed E-state index contributed by atoms with van der Waals surface area (Å²) in [5.74, 6) is -2.66. The molecule has 0 saturated carbocycles. The molecule has 2 aliphatic rings. The van der Waals surface area contributed by atoms with E-state index in [0.29, 0.717) is 25.1 Å². The standard InChI is InChI=1S/C33H52F2N4O4/c1-20-17-38(29(41)27(15-31(3,4)5)39(30(42)43)33(9,10)11)21(2)16-37(20)28(40)25-19-36(32(6,7)8)18-24(25)23-13-12-22(34)14-26(23)35/h12-14,20-21,24-25,27H,15-19H2,1-11H3,(H,42,43)/t20-,21+,24-,25+,27?/m0/s1. The summed E-state index contributed by atoms with van der Waals surface area (Å²) < 4.78 is 28.8. The van der Waals surface area contributed by atoms with E-state index in [1.807, 2.05) is 34.6 Å². The molecule has 0 bridgehead atoms. The Morgan fingerprint density at radius 3 is 1.95 bits per heavy atom. The number of piperazine rings is 1. The average Bonchev–Trinajstić information content (AvgIpc) is 3.28. The van der Waals surface area contributed by atoms with Crippen LogP contribution in [0.15, 0.2) is 18.2 Å². The molecule has 43 heavy (non-hydrogen) atoms. The summed E-state index contributed by atoms with van der Waals surface area (Å²) in [6.45, 7) is 22.7. The summed E-state index contributed by atoms with van der Waals surface area (Å²) >= 11 is 0. The van der Waals surface area contributed by atoms with Crippen molar-refractivity contribution in [3.05, 3.63) is 35.4 Å². The van der Waals surface area contributed by atoms with Crippen molar-refractivity contribution in [3.8, 4) is 0 Å². The number of benzene rings is 1. The van der Waals surface area contributed by atoms with Crippen LogP contribution in [0, 0.1) is 23.0 Å². The Bertz CT molecular complexity index is 1200. The second kappa shape index (κ2) is 12.3. The summed E-state index contributed by atoms with van der Waals surface area (Å²) in [6, 6.07) is 1.99.